The molecule has 2 rings (SSSR count). The van der Waals surface area contributed by atoms with Crippen LogP contribution in [0.1, 0.15) is 15.9 Å². The van der Waals surface area contributed by atoms with Crippen LogP contribution in [-0.4, -0.2) is 11.3 Å². The van der Waals surface area contributed by atoms with E-state index < -0.39 is 0 Å². The summed E-state index contributed by atoms with van der Waals surface area (Å²) in [6, 6.07) is 9.50. The zero-order valence-electron chi connectivity index (χ0n) is 9.18. The van der Waals surface area contributed by atoms with Crippen molar-refractivity contribution in [3.8, 4) is 0 Å². The van der Waals surface area contributed by atoms with Crippen molar-refractivity contribution >= 4 is 34.0 Å². The Labute approximate surface area is 113 Å². The maximum Gasteiger partial charge on any atom is 0.150 e. The van der Waals surface area contributed by atoms with Crippen molar-refractivity contribution in [1.82, 2.24) is 4.98 Å². The van der Waals surface area contributed by atoms with Crippen molar-refractivity contribution in [3.05, 3.63) is 52.1 Å². The number of aryl methyl sites for hydroxylation is 1. The smallest absolute Gasteiger partial charge is 0.150 e. The number of nitrogens with zero attached hydrogens (tertiary/aromatic N) is 1. The Kier molecular flexibility index (Phi) is 3.97. The Morgan fingerprint density at radius 3 is 2.82 bits per heavy atom. The van der Waals surface area contributed by atoms with Crippen LogP contribution >= 0.6 is 27.7 Å². The van der Waals surface area contributed by atoms with E-state index in [1.807, 2.05) is 37.3 Å². The number of carbonyl (C=O) groups is 1. The minimum Gasteiger partial charge on any atom is -0.298 e. The van der Waals surface area contributed by atoms with Gasteiger partial charge in [-0.3, -0.25) is 4.79 Å². The Hall–Kier alpha value is -1.13. The summed E-state index contributed by atoms with van der Waals surface area (Å²) in [6.07, 6.45) is 2.63. The van der Waals surface area contributed by atoms with Crippen LogP contribution in [0.4, 0.5) is 0 Å². The number of carbonyl (C=O) groups excluding carboxylic acids is 1. The van der Waals surface area contributed by atoms with Crippen molar-refractivity contribution in [2.75, 3.05) is 0 Å². The molecule has 0 aliphatic rings. The lowest BCUT2D eigenvalue weighted by Gasteiger charge is -2.06. The highest BCUT2D eigenvalue weighted by atomic mass is 79.9. The molecule has 0 unspecified atom stereocenters. The monoisotopic (exact) mass is 307 g/mol. The second-order valence-corrected chi connectivity index (χ2v) is 5.42. The second kappa shape index (κ2) is 5.47. The number of rotatable bonds is 3. The van der Waals surface area contributed by atoms with Gasteiger partial charge in [0.25, 0.3) is 0 Å². The average Bonchev–Trinajstić information content (AvgIpc) is 2.34. The molecule has 1 aromatic carbocycles. The van der Waals surface area contributed by atoms with Gasteiger partial charge in [-0.1, -0.05) is 17.8 Å². The standard InChI is InChI=1S/C13H10BrNOS/c1-9-7-10(8-16)4-5-12(9)17-13-11(14)3-2-6-15-13/h2-8H,1H3. The van der Waals surface area contributed by atoms with E-state index in [1.54, 1.807) is 18.0 Å². The fraction of sp³-hybridized carbons (Fsp3) is 0.0769. The number of aromatic nitrogens is 1. The second-order valence-electron chi connectivity index (χ2n) is 3.54. The topological polar surface area (TPSA) is 30.0 Å². The molecular formula is C13H10BrNOS. The lowest BCUT2D eigenvalue weighted by atomic mass is 10.2. The lowest BCUT2D eigenvalue weighted by Crippen LogP contribution is -1.86. The van der Waals surface area contributed by atoms with Gasteiger partial charge in [-0.05, 0) is 52.7 Å². The maximum absolute atomic E-state index is 10.7. The molecule has 0 atom stereocenters. The molecule has 1 aromatic heterocycles. The zero-order chi connectivity index (χ0) is 12.3. The fourth-order valence-electron chi connectivity index (χ4n) is 1.41. The zero-order valence-corrected chi connectivity index (χ0v) is 11.6. The molecule has 4 heteroatoms. The minimum absolute atomic E-state index is 0.701. The number of hydrogen-bond acceptors (Lipinski definition) is 3. The summed E-state index contributed by atoms with van der Waals surface area (Å²) in [4.78, 5) is 16.1. The molecule has 0 bridgehead atoms. The first-order valence-electron chi connectivity index (χ1n) is 5.05. The van der Waals surface area contributed by atoms with E-state index in [0.717, 1.165) is 26.2 Å². The van der Waals surface area contributed by atoms with Crippen molar-refractivity contribution < 1.29 is 4.79 Å². The van der Waals surface area contributed by atoms with Crippen LogP contribution in [0, 0.1) is 6.92 Å². The van der Waals surface area contributed by atoms with Gasteiger partial charge in [-0.25, -0.2) is 4.98 Å². The SMILES string of the molecule is Cc1cc(C=O)ccc1Sc1ncccc1Br. The predicted molar refractivity (Wildman–Crippen MR) is 72.6 cm³/mol. The third-order valence-electron chi connectivity index (χ3n) is 2.27. The van der Waals surface area contributed by atoms with Crippen LogP contribution in [0.5, 0.6) is 0 Å². The quantitative estimate of drug-likeness (QED) is 0.799. The van der Waals surface area contributed by atoms with Gasteiger partial charge in [0, 0.05) is 16.7 Å². The van der Waals surface area contributed by atoms with Crippen LogP contribution in [-0.2, 0) is 0 Å². The maximum atomic E-state index is 10.7. The van der Waals surface area contributed by atoms with Gasteiger partial charge in [-0.2, -0.15) is 0 Å². The first-order chi connectivity index (χ1) is 8.20. The van der Waals surface area contributed by atoms with Gasteiger partial charge in [0.1, 0.15) is 11.3 Å². The Balaban J connectivity index is 2.31. The van der Waals surface area contributed by atoms with Gasteiger partial charge in [0.2, 0.25) is 0 Å². The van der Waals surface area contributed by atoms with Gasteiger partial charge < -0.3 is 0 Å². The minimum atomic E-state index is 0.701. The third kappa shape index (κ3) is 2.96. The number of hydrogen-bond donors (Lipinski definition) is 0. The molecule has 2 aromatic rings. The van der Waals surface area contributed by atoms with Crippen molar-refractivity contribution in [2.45, 2.75) is 16.8 Å². The highest BCUT2D eigenvalue weighted by Gasteiger charge is 2.06. The summed E-state index contributed by atoms with van der Waals surface area (Å²) in [5.74, 6) is 0. The number of benzene rings is 1. The number of halogens is 1. The average molecular weight is 308 g/mol. The van der Waals surface area contributed by atoms with Crippen molar-refractivity contribution in [2.24, 2.45) is 0 Å². The molecule has 86 valence electrons. The van der Waals surface area contributed by atoms with E-state index in [2.05, 4.69) is 20.9 Å². The third-order valence-corrected chi connectivity index (χ3v) is 4.37. The molecule has 0 aliphatic heterocycles. The molecule has 0 N–H and O–H groups in total. The molecule has 0 fully saturated rings. The first kappa shape index (κ1) is 12.3. The number of pyridine rings is 1. The molecule has 0 amide bonds. The summed E-state index contributed by atoms with van der Waals surface area (Å²) in [7, 11) is 0. The van der Waals surface area contributed by atoms with Gasteiger partial charge in [0.15, 0.2) is 0 Å². The molecule has 1 heterocycles. The first-order valence-corrected chi connectivity index (χ1v) is 6.66. The predicted octanol–water partition coefficient (Wildman–Crippen LogP) is 4.12. The highest BCUT2D eigenvalue weighted by molar-refractivity contribution is 9.10. The number of aldehydes is 1. The van der Waals surface area contributed by atoms with Gasteiger partial charge in [-0.15, -0.1) is 0 Å². The molecule has 0 saturated carbocycles. The van der Waals surface area contributed by atoms with E-state index in [9.17, 15) is 4.79 Å². The van der Waals surface area contributed by atoms with E-state index in [1.165, 1.54) is 0 Å². The van der Waals surface area contributed by atoms with Crippen LogP contribution < -0.4 is 0 Å². The summed E-state index contributed by atoms with van der Waals surface area (Å²) in [5.41, 5.74) is 1.78. The van der Waals surface area contributed by atoms with Gasteiger partial charge >= 0.3 is 0 Å². The fourth-order valence-corrected chi connectivity index (χ4v) is 2.75. The van der Waals surface area contributed by atoms with Crippen LogP contribution in [0.15, 0.2) is 50.9 Å². The molecule has 0 saturated heterocycles. The van der Waals surface area contributed by atoms with E-state index in [0.29, 0.717) is 5.56 Å². The Morgan fingerprint density at radius 2 is 2.18 bits per heavy atom. The molecule has 2 nitrogen and oxygen atoms in total. The normalized spacial score (nSPS) is 10.2. The molecule has 0 aliphatic carbocycles. The lowest BCUT2D eigenvalue weighted by molar-refractivity contribution is 0.112. The van der Waals surface area contributed by atoms with Crippen LogP contribution in [0.2, 0.25) is 0 Å². The van der Waals surface area contributed by atoms with Crippen LogP contribution in [0.3, 0.4) is 0 Å². The van der Waals surface area contributed by atoms with E-state index in [-0.39, 0.29) is 0 Å². The van der Waals surface area contributed by atoms with Crippen molar-refractivity contribution in [1.29, 1.82) is 0 Å². The molecular weight excluding hydrogens is 298 g/mol. The van der Waals surface area contributed by atoms with Crippen LogP contribution in [0.25, 0.3) is 0 Å². The molecule has 17 heavy (non-hydrogen) atoms. The molecule has 0 spiro atoms. The Bertz CT molecular complexity index is 557. The van der Waals surface area contributed by atoms with E-state index in [4.69, 9.17) is 0 Å². The summed E-state index contributed by atoms with van der Waals surface area (Å²) in [6.45, 7) is 1.99. The molecule has 0 radical (unpaired) electrons. The highest BCUT2D eigenvalue weighted by Crippen LogP contribution is 2.33. The Morgan fingerprint density at radius 1 is 1.35 bits per heavy atom. The summed E-state index contributed by atoms with van der Waals surface area (Å²) < 4.78 is 0.976. The van der Waals surface area contributed by atoms with Gasteiger partial charge in [0.05, 0.1) is 4.47 Å². The largest absolute Gasteiger partial charge is 0.298 e. The summed E-state index contributed by atoms with van der Waals surface area (Å²) in [5, 5.41) is 0.925. The van der Waals surface area contributed by atoms with E-state index >= 15 is 0 Å². The summed E-state index contributed by atoms with van der Waals surface area (Å²) >= 11 is 5.05. The van der Waals surface area contributed by atoms with Crippen molar-refractivity contribution in [3.63, 3.8) is 0 Å².